The highest BCUT2D eigenvalue weighted by Gasteiger charge is 2.20. The van der Waals surface area contributed by atoms with Crippen molar-refractivity contribution in [1.82, 2.24) is 14.4 Å². The van der Waals surface area contributed by atoms with Crippen molar-refractivity contribution >= 4 is 22.4 Å². The molecule has 0 saturated carbocycles. The van der Waals surface area contributed by atoms with Gasteiger partial charge in [-0.15, -0.1) is 0 Å². The SMILES string of the molecule is CCOc1ccc2nc(O)c(-c3nc4ccccn4c3NCC(C)(C)C)cc2c1. The fourth-order valence-electron chi connectivity index (χ4n) is 3.28. The van der Waals surface area contributed by atoms with Crippen LogP contribution in [0.4, 0.5) is 5.82 Å². The van der Waals surface area contributed by atoms with Crippen LogP contribution in [0.1, 0.15) is 27.7 Å². The lowest BCUT2D eigenvalue weighted by atomic mass is 9.97. The molecule has 150 valence electrons. The second kappa shape index (κ2) is 7.28. The fraction of sp³-hybridized carbons (Fsp3) is 0.304. The van der Waals surface area contributed by atoms with E-state index in [-0.39, 0.29) is 11.3 Å². The van der Waals surface area contributed by atoms with E-state index in [1.165, 1.54) is 0 Å². The Kier molecular flexibility index (Phi) is 4.78. The highest BCUT2D eigenvalue weighted by atomic mass is 16.5. The summed E-state index contributed by atoms with van der Waals surface area (Å²) in [6.07, 6.45) is 1.97. The van der Waals surface area contributed by atoms with Gasteiger partial charge in [0.1, 0.15) is 22.9 Å². The van der Waals surface area contributed by atoms with Gasteiger partial charge < -0.3 is 15.2 Å². The van der Waals surface area contributed by atoms with Crippen LogP contribution >= 0.6 is 0 Å². The third kappa shape index (κ3) is 3.83. The molecule has 4 rings (SSSR count). The maximum Gasteiger partial charge on any atom is 0.221 e. The summed E-state index contributed by atoms with van der Waals surface area (Å²) in [6, 6.07) is 13.4. The molecular formula is C23H26N4O2. The second-order valence-electron chi connectivity index (χ2n) is 8.30. The second-order valence-corrected chi connectivity index (χ2v) is 8.30. The molecule has 6 nitrogen and oxygen atoms in total. The van der Waals surface area contributed by atoms with E-state index in [1.54, 1.807) is 0 Å². The largest absolute Gasteiger partial charge is 0.494 e. The maximum absolute atomic E-state index is 10.7. The van der Waals surface area contributed by atoms with Crippen molar-refractivity contribution in [1.29, 1.82) is 0 Å². The molecule has 4 aromatic rings. The minimum Gasteiger partial charge on any atom is -0.494 e. The summed E-state index contributed by atoms with van der Waals surface area (Å²) in [6.45, 7) is 9.83. The molecule has 3 aromatic heterocycles. The van der Waals surface area contributed by atoms with Gasteiger partial charge in [0, 0.05) is 18.1 Å². The lowest BCUT2D eigenvalue weighted by molar-refractivity contribution is 0.340. The predicted molar refractivity (Wildman–Crippen MR) is 117 cm³/mol. The lowest BCUT2D eigenvalue weighted by Gasteiger charge is -2.20. The van der Waals surface area contributed by atoms with E-state index in [2.05, 4.69) is 31.1 Å². The molecule has 6 heteroatoms. The van der Waals surface area contributed by atoms with Gasteiger partial charge in [-0.3, -0.25) is 4.40 Å². The molecule has 0 spiro atoms. The Hall–Kier alpha value is -3.28. The zero-order valence-electron chi connectivity index (χ0n) is 17.2. The first kappa shape index (κ1) is 19.1. The van der Waals surface area contributed by atoms with Crippen LogP contribution in [0.25, 0.3) is 27.8 Å². The average molecular weight is 390 g/mol. The normalized spacial score (nSPS) is 11.9. The number of nitrogens with one attached hydrogen (secondary N) is 1. The van der Waals surface area contributed by atoms with Crippen LogP contribution < -0.4 is 10.1 Å². The summed E-state index contributed by atoms with van der Waals surface area (Å²) in [5, 5.41) is 15.1. The average Bonchev–Trinajstić information content (AvgIpc) is 3.04. The Morgan fingerprint density at radius 2 is 1.93 bits per heavy atom. The molecule has 0 amide bonds. The van der Waals surface area contributed by atoms with Crippen molar-refractivity contribution in [3.8, 4) is 22.9 Å². The van der Waals surface area contributed by atoms with Gasteiger partial charge in [0.25, 0.3) is 0 Å². The fourth-order valence-corrected chi connectivity index (χ4v) is 3.28. The molecule has 0 bridgehead atoms. The maximum atomic E-state index is 10.7. The van der Waals surface area contributed by atoms with E-state index in [0.29, 0.717) is 23.4 Å². The highest BCUT2D eigenvalue weighted by molar-refractivity contribution is 5.89. The Morgan fingerprint density at radius 3 is 2.69 bits per heavy atom. The van der Waals surface area contributed by atoms with Crippen molar-refractivity contribution in [3.63, 3.8) is 0 Å². The zero-order chi connectivity index (χ0) is 20.6. The Bertz CT molecular complexity index is 1170. The molecule has 0 radical (unpaired) electrons. The summed E-state index contributed by atoms with van der Waals surface area (Å²) in [5.41, 5.74) is 2.87. The number of hydrogen-bond donors (Lipinski definition) is 2. The molecular weight excluding hydrogens is 364 g/mol. The molecule has 1 aromatic carbocycles. The Balaban J connectivity index is 1.88. The molecule has 0 aliphatic heterocycles. The van der Waals surface area contributed by atoms with Crippen LogP contribution in [0.5, 0.6) is 11.6 Å². The van der Waals surface area contributed by atoms with Crippen LogP contribution in [0.3, 0.4) is 0 Å². The smallest absolute Gasteiger partial charge is 0.221 e. The summed E-state index contributed by atoms with van der Waals surface area (Å²) in [4.78, 5) is 9.18. The zero-order valence-corrected chi connectivity index (χ0v) is 17.2. The van der Waals surface area contributed by atoms with Gasteiger partial charge in [-0.25, -0.2) is 9.97 Å². The minimum atomic E-state index is -0.0381. The summed E-state index contributed by atoms with van der Waals surface area (Å²) in [7, 11) is 0. The summed E-state index contributed by atoms with van der Waals surface area (Å²) < 4.78 is 7.62. The summed E-state index contributed by atoms with van der Waals surface area (Å²) in [5.74, 6) is 1.58. The van der Waals surface area contributed by atoms with E-state index in [4.69, 9.17) is 9.72 Å². The number of rotatable bonds is 5. The van der Waals surface area contributed by atoms with Crippen LogP contribution in [0.15, 0.2) is 48.7 Å². The number of fused-ring (bicyclic) bond motifs is 2. The first-order valence-corrected chi connectivity index (χ1v) is 9.83. The molecule has 0 fully saturated rings. The summed E-state index contributed by atoms with van der Waals surface area (Å²) >= 11 is 0. The van der Waals surface area contributed by atoms with Crippen LogP contribution in [-0.4, -0.2) is 32.6 Å². The van der Waals surface area contributed by atoms with Crippen molar-refractivity contribution in [2.45, 2.75) is 27.7 Å². The van der Waals surface area contributed by atoms with Crippen molar-refractivity contribution < 1.29 is 9.84 Å². The van der Waals surface area contributed by atoms with Gasteiger partial charge in [0.05, 0.1) is 17.7 Å². The number of nitrogens with zero attached hydrogens (tertiary/aromatic N) is 3. The number of pyridine rings is 2. The predicted octanol–water partition coefficient (Wildman–Crippen LogP) is 5.11. The molecule has 3 heterocycles. The standard InChI is InChI=1S/C23H26N4O2/c1-5-29-16-9-10-18-15(12-16)13-17(22(28)25-18)20-21(24-14-23(2,3)4)27-11-7-6-8-19(27)26-20/h6-13,24H,5,14H2,1-4H3,(H,25,28). The number of benzene rings is 1. The van der Waals surface area contributed by atoms with E-state index < -0.39 is 0 Å². The number of hydrogen-bond acceptors (Lipinski definition) is 5. The lowest BCUT2D eigenvalue weighted by Crippen LogP contribution is -2.20. The number of imidazole rings is 1. The number of ether oxygens (including phenoxy) is 1. The van der Waals surface area contributed by atoms with E-state index in [1.807, 2.05) is 60.0 Å². The molecule has 2 N–H and O–H groups in total. The van der Waals surface area contributed by atoms with Crippen molar-refractivity contribution in [3.05, 3.63) is 48.7 Å². The van der Waals surface area contributed by atoms with Gasteiger partial charge in [-0.05, 0) is 48.7 Å². The first-order chi connectivity index (χ1) is 13.9. The van der Waals surface area contributed by atoms with Gasteiger partial charge >= 0.3 is 0 Å². The molecule has 29 heavy (non-hydrogen) atoms. The van der Waals surface area contributed by atoms with Crippen LogP contribution in [0.2, 0.25) is 0 Å². The third-order valence-electron chi connectivity index (χ3n) is 4.65. The quantitative estimate of drug-likeness (QED) is 0.495. The minimum absolute atomic E-state index is 0.0381. The van der Waals surface area contributed by atoms with Gasteiger partial charge in [0.15, 0.2) is 0 Å². The van der Waals surface area contributed by atoms with Crippen molar-refractivity contribution in [2.75, 3.05) is 18.5 Å². The highest BCUT2D eigenvalue weighted by Crippen LogP contribution is 2.36. The van der Waals surface area contributed by atoms with Crippen LogP contribution in [-0.2, 0) is 0 Å². The van der Waals surface area contributed by atoms with E-state index in [9.17, 15) is 5.11 Å². The van der Waals surface area contributed by atoms with Gasteiger partial charge in [-0.1, -0.05) is 26.8 Å². The Labute approximate surface area is 170 Å². The molecule has 0 saturated heterocycles. The number of aromatic hydroxyl groups is 1. The van der Waals surface area contributed by atoms with E-state index >= 15 is 0 Å². The third-order valence-corrected chi connectivity index (χ3v) is 4.65. The van der Waals surface area contributed by atoms with Crippen LogP contribution in [0, 0.1) is 5.41 Å². The monoisotopic (exact) mass is 390 g/mol. The van der Waals surface area contributed by atoms with E-state index in [0.717, 1.165) is 29.1 Å². The van der Waals surface area contributed by atoms with Gasteiger partial charge in [0.2, 0.25) is 5.88 Å². The topological polar surface area (TPSA) is 71.7 Å². The molecule has 0 unspecified atom stereocenters. The Morgan fingerprint density at radius 1 is 1.10 bits per heavy atom. The van der Waals surface area contributed by atoms with Gasteiger partial charge in [-0.2, -0.15) is 0 Å². The molecule has 0 aliphatic carbocycles. The molecule has 0 atom stereocenters. The first-order valence-electron chi connectivity index (χ1n) is 9.83. The number of aromatic nitrogens is 3. The number of anilines is 1. The molecule has 0 aliphatic rings. The van der Waals surface area contributed by atoms with Crippen molar-refractivity contribution in [2.24, 2.45) is 5.41 Å².